The molecular weight excluding hydrogens is 236 g/mol. The second-order valence-corrected chi connectivity index (χ2v) is 6.26. The van der Waals surface area contributed by atoms with Gasteiger partial charge in [-0.25, -0.2) is 8.61 Å². The minimum atomic E-state index is 0.665. The Hall–Kier alpha value is 0.620. The van der Waals surface area contributed by atoms with E-state index >= 15 is 0 Å². The van der Waals surface area contributed by atoms with E-state index in [1.807, 2.05) is 22.0 Å². The Balaban J connectivity index is 4.07. The standard InChI is InChI=1S/C12H28N2S2/c1-7-11(5)13(9-3)15-16-14(10-4)12(6)8-2/h11-12H,7-10H2,1-6H3. The van der Waals surface area contributed by atoms with Crippen LogP contribution in [-0.4, -0.2) is 33.8 Å². The van der Waals surface area contributed by atoms with Gasteiger partial charge in [-0.3, -0.25) is 0 Å². The van der Waals surface area contributed by atoms with Crippen LogP contribution in [0.5, 0.6) is 0 Å². The van der Waals surface area contributed by atoms with Gasteiger partial charge >= 0.3 is 0 Å². The van der Waals surface area contributed by atoms with Crippen LogP contribution in [0.4, 0.5) is 0 Å². The molecule has 0 radical (unpaired) electrons. The molecule has 16 heavy (non-hydrogen) atoms. The van der Waals surface area contributed by atoms with Crippen LogP contribution in [0.3, 0.4) is 0 Å². The van der Waals surface area contributed by atoms with Crippen molar-refractivity contribution in [3.05, 3.63) is 0 Å². The van der Waals surface area contributed by atoms with Crippen molar-refractivity contribution >= 4 is 22.0 Å². The van der Waals surface area contributed by atoms with Gasteiger partial charge in [0.1, 0.15) is 0 Å². The predicted molar refractivity (Wildman–Crippen MR) is 79.4 cm³/mol. The molecule has 2 unspecified atom stereocenters. The van der Waals surface area contributed by atoms with Crippen LogP contribution >= 0.6 is 22.0 Å². The number of hydrogen-bond acceptors (Lipinski definition) is 4. The third kappa shape index (κ3) is 5.80. The van der Waals surface area contributed by atoms with Gasteiger partial charge in [0, 0.05) is 47.1 Å². The summed E-state index contributed by atoms with van der Waals surface area (Å²) >= 11 is 0. The zero-order valence-corrected chi connectivity index (χ0v) is 13.3. The molecule has 0 spiro atoms. The van der Waals surface area contributed by atoms with Gasteiger partial charge in [-0.05, 0) is 26.7 Å². The highest BCUT2D eigenvalue weighted by Crippen LogP contribution is 2.33. The summed E-state index contributed by atoms with van der Waals surface area (Å²) in [6.07, 6.45) is 2.44. The zero-order valence-electron chi connectivity index (χ0n) is 11.7. The SMILES string of the molecule is CCC(C)N(CC)SSN(CC)C(C)CC. The van der Waals surface area contributed by atoms with E-state index in [1.54, 1.807) is 0 Å². The van der Waals surface area contributed by atoms with Crippen molar-refractivity contribution in [3.8, 4) is 0 Å². The van der Waals surface area contributed by atoms with Crippen molar-refractivity contribution in [3.63, 3.8) is 0 Å². The van der Waals surface area contributed by atoms with Crippen LogP contribution in [-0.2, 0) is 0 Å². The highest BCUT2D eigenvalue weighted by atomic mass is 33.1. The molecule has 0 saturated heterocycles. The summed E-state index contributed by atoms with van der Waals surface area (Å²) in [5.74, 6) is 0. The maximum Gasteiger partial charge on any atom is 0.0179 e. The molecule has 2 atom stereocenters. The lowest BCUT2D eigenvalue weighted by atomic mass is 10.3. The maximum atomic E-state index is 2.47. The summed E-state index contributed by atoms with van der Waals surface area (Å²) in [6, 6.07) is 1.33. The molecule has 0 heterocycles. The first kappa shape index (κ1) is 16.6. The lowest BCUT2D eigenvalue weighted by Crippen LogP contribution is -2.28. The largest absolute Gasteiger partial charge is 0.238 e. The fourth-order valence-electron chi connectivity index (χ4n) is 1.37. The van der Waals surface area contributed by atoms with Crippen molar-refractivity contribution < 1.29 is 0 Å². The Morgan fingerprint density at radius 3 is 1.25 bits per heavy atom. The van der Waals surface area contributed by atoms with Gasteiger partial charge in [-0.15, -0.1) is 0 Å². The molecule has 0 saturated carbocycles. The molecule has 0 aliphatic rings. The van der Waals surface area contributed by atoms with Crippen molar-refractivity contribution in [2.24, 2.45) is 0 Å². The van der Waals surface area contributed by atoms with E-state index < -0.39 is 0 Å². The van der Waals surface area contributed by atoms with Crippen molar-refractivity contribution in [1.82, 2.24) is 8.61 Å². The number of rotatable bonds is 9. The van der Waals surface area contributed by atoms with E-state index in [0.29, 0.717) is 12.1 Å². The van der Waals surface area contributed by atoms with Crippen LogP contribution < -0.4 is 0 Å². The Kier molecular flexibility index (Phi) is 10.0. The van der Waals surface area contributed by atoms with Crippen molar-refractivity contribution in [2.75, 3.05) is 13.1 Å². The van der Waals surface area contributed by atoms with E-state index in [1.165, 1.54) is 12.8 Å². The van der Waals surface area contributed by atoms with E-state index in [4.69, 9.17) is 0 Å². The molecule has 0 aromatic heterocycles. The first-order valence-electron chi connectivity index (χ1n) is 6.48. The van der Waals surface area contributed by atoms with Crippen LogP contribution in [0.15, 0.2) is 0 Å². The molecular formula is C12H28N2S2. The van der Waals surface area contributed by atoms with Gasteiger partial charge in [0.2, 0.25) is 0 Å². The first-order chi connectivity index (χ1) is 7.60. The van der Waals surface area contributed by atoms with Crippen LogP contribution in [0.1, 0.15) is 54.4 Å². The first-order valence-corrected chi connectivity index (χ1v) is 8.54. The minimum Gasteiger partial charge on any atom is -0.238 e. The van der Waals surface area contributed by atoms with Gasteiger partial charge in [-0.1, -0.05) is 27.7 Å². The third-order valence-corrected chi connectivity index (χ3v) is 6.05. The summed E-state index contributed by atoms with van der Waals surface area (Å²) in [5.41, 5.74) is 0. The molecule has 0 amide bonds. The summed E-state index contributed by atoms with van der Waals surface area (Å²) in [4.78, 5) is 0. The second-order valence-electron chi connectivity index (χ2n) is 4.13. The molecule has 4 heteroatoms. The molecule has 0 aliphatic heterocycles. The molecule has 0 bridgehead atoms. The van der Waals surface area contributed by atoms with Crippen molar-refractivity contribution in [1.29, 1.82) is 0 Å². The predicted octanol–water partition coefficient (Wildman–Crippen LogP) is 4.44. The average Bonchev–Trinajstić information content (AvgIpc) is 2.33. The summed E-state index contributed by atoms with van der Waals surface area (Å²) in [7, 11) is 3.81. The quantitative estimate of drug-likeness (QED) is 0.448. The summed E-state index contributed by atoms with van der Waals surface area (Å²) in [6.45, 7) is 15.8. The molecule has 2 nitrogen and oxygen atoms in total. The summed E-state index contributed by atoms with van der Waals surface area (Å²) in [5, 5.41) is 0. The fraction of sp³-hybridized carbons (Fsp3) is 1.00. The Labute approximate surface area is 110 Å². The molecule has 98 valence electrons. The molecule has 0 N–H and O–H groups in total. The van der Waals surface area contributed by atoms with Gasteiger partial charge < -0.3 is 0 Å². The lowest BCUT2D eigenvalue weighted by molar-refractivity contribution is 0.376. The summed E-state index contributed by atoms with van der Waals surface area (Å²) < 4.78 is 4.94. The normalized spacial score (nSPS) is 15.8. The highest BCUT2D eigenvalue weighted by Gasteiger charge is 2.16. The van der Waals surface area contributed by atoms with E-state index in [9.17, 15) is 0 Å². The van der Waals surface area contributed by atoms with Crippen LogP contribution in [0.2, 0.25) is 0 Å². The Morgan fingerprint density at radius 1 is 0.750 bits per heavy atom. The van der Waals surface area contributed by atoms with E-state index in [-0.39, 0.29) is 0 Å². The second kappa shape index (κ2) is 9.63. The number of nitrogens with zero attached hydrogens (tertiary/aromatic N) is 2. The smallest absolute Gasteiger partial charge is 0.0179 e. The van der Waals surface area contributed by atoms with Crippen molar-refractivity contribution in [2.45, 2.75) is 66.5 Å². The van der Waals surface area contributed by atoms with E-state index in [0.717, 1.165) is 13.1 Å². The molecule has 0 aliphatic carbocycles. The molecule has 0 rings (SSSR count). The molecule has 0 aromatic carbocycles. The highest BCUT2D eigenvalue weighted by molar-refractivity contribution is 8.74. The molecule has 0 aromatic rings. The van der Waals surface area contributed by atoms with Crippen LogP contribution in [0, 0.1) is 0 Å². The van der Waals surface area contributed by atoms with Gasteiger partial charge in [0.05, 0.1) is 0 Å². The Bertz CT molecular complexity index is 149. The van der Waals surface area contributed by atoms with Crippen LogP contribution in [0.25, 0.3) is 0 Å². The third-order valence-electron chi connectivity index (χ3n) is 3.01. The fourth-order valence-corrected chi connectivity index (χ4v) is 4.37. The zero-order chi connectivity index (χ0) is 12.6. The monoisotopic (exact) mass is 264 g/mol. The molecule has 0 fully saturated rings. The maximum absolute atomic E-state index is 2.47. The topological polar surface area (TPSA) is 6.48 Å². The number of hydrogen-bond donors (Lipinski definition) is 0. The Morgan fingerprint density at radius 2 is 1.06 bits per heavy atom. The van der Waals surface area contributed by atoms with Gasteiger partial charge in [-0.2, -0.15) is 0 Å². The van der Waals surface area contributed by atoms with Gasteiger partial charge in [0.15, 0.2) is 0 Å². The minimum absolute atomic E-state index is 0.665. The average molecular weight is 265 g/mol. The van der Waals surface area contributed by atoms with E-state index in [2.05, 4.69) is 50.2 Å². The van der Waals surface area contributed by atoms with Gasteiger partial charge in [0.25, 0.3) is 0 Å². The lowest BCUT2D eigenvalue weighted by Gasteiger charge is -2.30.